The Bertz CT molecular complexity index is 470. The highest BCUT2D eigenvalue weighted by atomic mass is 35.5. The van der Waals surface area contributed by atoms with Crippen LogP contribution in [0.25, 0.3) is 0 Å². The van der Waals surface area contributed by atoms with Gasteiger partial charge < -0.3 is 0 Å². The quantitative estimate of drug-likeness (QED) is 0.851. The van der Waals surface area contributed by atoms with Crippen LogP contribution in [0.1, 0.15) is 13.8 Å². The van der Waals surface area contributed by atoms with Crippen LogP contribution in [-0.2, 0) is 10.0 Å². The van der Waals surface area contributed by atoms with Crippen molar-refractivity contribution in [1.29, 1.82) is 0 Å². The average molecular weight is 282 g/mol. The highest BCUT2D eigenvalue weighted by molar-refractivity contribution is 7.89. The summed E-state index contributed by atoms with van der Waals surface area (Å²) in [5.41, 5.74) is 0. The van der Waals surface area contributed by atoms with Crippen LogP contribution in [0, 0.1) is 0 Å². The van der Waals surface area contributed by atoms with E-state index >= 15 is 0 Å². The summed E-state index contributed by atoms with van der Waals surface area (Å²) in [7, 11) is -3.54. The van der Waals surface area contributed by atoms with Crippen LogP contribution in [0.3, 0.4) is 0 Å². The van der Waals surface area contributed by atoms with Gasteiger partial charge in [0.15, 0.2) is 0 Å². The van der Waals surface area contributed by atoms with E-state index in [1.807, 2.05) is 0 Å². The van der Waals surface area contributed by atoms with Crippen molar-refractivity contribution in [3.05, 3.63) is 28.2 Å². The van der Waals surface area contributed by atoms with Gasteiger partial charge in [-0.25, -0.2) is 8.42 Å². The van der Waals surface area contributed by atoms with Crippen LogP contribution in [0.5, 0.6) is 0 Å². The molecular weight excluding hydrogens is 269 g/mol. The third-order valence-electron chi connectivity index (χ3n) is 2.24. The summed E-state index contributed by atoms with van der Waals surface area (Å²) in [6, 6.07) is 4.59. The van der Waals surface area contributed by atoms with Crippen molar-refractivity contribution in [2.24, 2.45) is 0 Å². The van der Waals surface area contributed by atoms with Gasteiger partial charge in [-0.1, -0.05) is 43.1 Å². The molecule has 0 heterocycles. The number of halogens is 2. The Kier molecular flexibility index (Phi) is 4.62. The molecule has 0 aromatic heterocycles. The minimum absolute atomic E-state index is 0.0605. The van der Waals surface area contributed by atoms with Crippen molar-refractivity contribution in [1.82, 2.24) is 4.31 Å². The zero-order valence-corrected chi connectivity index (χ0v) is 11.4. The van der Waals surface area contributed by atoms with Gasteiger partial charge in [-0.2, -0.15) is 4.31 Å². The predicted octanol–water partition coefficient (Wildman–Crippen LogP) is 3.02. The van der Waals surface area contributed by atoms with Gasteiger partial charge in [0.25, 0.3) is 0 Å². The van der Waals surface area contributed by atoms with Crippen molar-refractivity contribution in [3.63, 3.8) is 0 Å². The Morgan fingerprint density at radius 1 is 1.19 bits per heavy atom. The lowest BCUT2D eigenvalue weighted by atomic mass is 10.4. The first-order valence-electron chi connectivity index (χ1n) is 4.89. The van der Waals surface area contributed by atoms with Crippen molar-refractivity contribution in [2.45, 2.75) is 18.7 Å². The molecule has 0 saturated heterocycles. The molecule has 1 aromatic rings. The van der Waals surface area contributed by atoms with E-state index in [1.54, 1.807) is 26.0 Å². The third-order valence-corrected chi connectivity index (χ3v) is 5.26. The van der Waals surface area contributed by atoms with E-state index in [1.165, 1.54) is 10.4 Å². The third kappa shape index (κ3) is 2.51. The second-order valence-corrected chi connectivity index (χ2v) is 5.83. The van der Waals surface area contributed by atoms with E-state index < -0.39 is 10.0 Å². The molecule has 16 heavy (non-hydrogen) atoms. The predicted molar refractivity (Wildman–Crippen MR) is 66.6 cm³/mol. The van der Waals surface area contributed by atoms with Crippen LogP contribution >= 0.6 is 23.2 Å². The molecule has 0 N–H and O–H groups in total. The molecule has 0 unspecified atom stereocenters. The monoisotopic (exact) mass is 281 g/mol. The Morgan fingerprint density at radius 2 is 1.75 bits per heavy atom. The van der Waals surface area contributed by atoms with Crippen LogP contribution in [0.15, 0.2) is 23.1 Å². The van der Waals surface area contributed by atoms with Gasteiger partial charge in [-0.3, -0.25) is 0 Å². The SMILES string of the molecule is CCN(CC)S(=O)(=O)c1cccc(Cl)c1Cl. The van der Waals surface area contributed by atoms with Gasteiger partial charge in [0.05, 0.1) is 10.0 Å². The lowest BCUT2D eigenvalue weighted by molar-refractivity contribution is 0.445. The largest absolute Gasteiger partial charge is 0.244 e. The summed E-state index contributed by atoms with van der Waals surface area (Å²) >= 11 is 11.7. The summed E-state index contributed by atoms with van der Waals surface area (Å²) in [6.07, 6.45) is 0. The molecule has 90 valence electrons. The van der Waals surface area contributed by atoms with Crippen molar-refractivity contribution < 1.29 is 8.42 Å². The molecule has 0 aliphatic rings. The zero-order valence-electron chi connectivity index (χ0n) is 9.07. The Hall–Kier alpha value is -0.290. The number of hydrogen-bond donors (Lipinski definition) is 0. The summed E-state index contributed by atoms with van der Waals surface area (Å²) < 4.78 is 25.6. The molecule has 0 radical (unpaired) electrons. The van der Waals surface area contributed by atoms with E-state index in [0.29, 0.717) is 13.1 Å². The number of nitrogens with zero attached hydrogens (tertiary/aromatic N) is 1. The summed E-state index contributed by atoms with van der Waals surface area (Å²) in [4.78, 5) is 0.0605. The normalized spacial score (nSPS) is 12.1. The van der Waals surface area contributed by atoms with Crippen LogP contribution in [-0.4, -0.2) is 25.8 Å². The topological polar surface area (TPSA) is 37.4 Å². The summed E-state index contributed by atoms with van der Waals surface area (Å²) in [5, 5.41) is 0.325. The summed E-state index contributed by atoms with van der Waals surface area (Å²) in [5.74, 6) is 0. The maximum atomic E-state index is 12.2. The van der Waals surface area contributed by atoms with Crippen LogP contribution < -0.4 is 0 Å². The van der Waals surface area contributed by atoms with Crippen LogP contribution in [0.4, 0.5) is 0 Å². The Labute approximate surface area is 106 Å². The second kappa shape index (κ2) is 5.36. The molecule has 0 aliphatic carbocycles. The Morgan fingerprint density at radius 3 is 2.25 bits per heavy atom. The second-order valence-electron chi connectivity index (χ2n) is 3.14. The van der Waals surface area contributed by atoms with E-state index in [-0.39, 0.29) is 14.9 Å². The minimum atomic E-state index is -3.54. The first-order valence-corrected chi connectivity index (χ1v) is 7.08. The minimum Gasteiger partial charge on any atom is -0.207 e. The molecule has 0 aliphatic heterocycles. The van der Waals surface area contributed by atoms with Crippen molar-refractivity contribution >= 4 is 33.2 Å². The highest BCUT2D eigenvalue weighted by Crippen LogP contribution is 2.30. The van der Waals surface area contributed by atoms with Crippen molar-refractivity contribution in [2.75, 3.05) is 13.1 Å². The maximum absolute atomic E-state index is 12.2. The lowest BCUT2D eigenvalue weighted by Crippen LogP contribution is -2.30. The smallest absolute Gasteiger partial charge is 0.207 e. The van der Waals surface area contributed by atoms with E-state index in [4.69, 9.17) is 23.2 Å². The first-order chi connectivity index (χ1) is 7.45. The molecule has 3 nitrogen and oxygen atoms in total. The fourth-order valence-electron chi connectivity index (χ4n) is 1.39. The van der Waals surface area contributed by atoms with Crippen LogP contribution in [0.2, 0.25) is 10.0 Å². The molecule has 0 amide bonds. The molecule has 0 bridgehead atoms. The molecule has 6 heteroatoms. The van der Waals surface area contributed by atoms with Gasteiger partial charge in [0.2, 0.25) is 10.0 Å². The molecule has 0 saturated carbocycles. The number of benzene rings is 1. The van der Waals surface area contributed by atoms with Gasteiger partial charge in [-0.15, -0.1) is 0 Å². The maximum Gasteiger partial charge on any atom is 0.244 e. The lowest BCUT2D eigenvalue weighted by Gasteiger charge is -2.19. The van der Waals surface area contributed by atoms with Crippen molar-refractivity contribution in [3.8, 4) is 0 Å². The van der Waals surface area contributed by atoms with Gasteiger partial charge in [-0.05, 0) is 12.1 Å². The van der Waals surface area contributed by atoms with E-state index in [9.17, 15) is 8.42 Å². The zero-order chi connectivity index (χ0) is 12.3. The van der Waals surface area contributed by atoms with Gasteiger partial charge in [0, 0.05) is 13.1 Å². The molecule has 1 aromatic carbocycles. The van der Waals surface area contributed by atoms with E-state index in [0.717, 1.165) is 0 Å². The summed E-state index contributed by atoms with van der Waals surface area (Å²) in [6.45, 7) is 4.36. The number of hydrogen-bond acceptors (Lipinski definition) is 2. The first kappa shape index (κ1) is 13.8. The van der Waals surface area contributed by atoms with Gasteiger partial charge >= 0.3 is 0 Å². The fraction of sp³-hybridized carbons (Fsp3) is 0.400. The molecule has 0 fully saturated rings. The molecule has 0 spiro atoms. The Balaban J connectivity index is 3.33. The fourth-order valence-corrected chi connectivity index (χ4v) is 3.58. The van der Waals surface area contributed by atoms with E-state index in [2.05, 4.69) is 0 Å². The molecule has 0 atom stereocenters. The number of rotatable bonds is 4. The highest BCUT2D eigenvalue weighted by Gasteiger charge is 2.24. The average Bonchev–Trinajstić information content (AvgIpc) is 2.23. The molecular formula is C10H13Cl2NO2S. The van der Waals surface area contributed by atoms with Gasteiger partial charge in [0.1, 0.15) is 4.90 Å². The standard InChI is InChI=1S/C10H13Cl2NO2S/c1-3-13(4-2)16(14,15)9-7-5-6-8(11)10(9)12/h5-7H,3-4H2,1-2H3. The molecule has 1 rings (SSSR count). The number of sulfonamides is 1.